The molecule has 0 N–H and O–H groups in total. The lowest BCUT2D eigenvalue weighted by Gasteiger charge is -2.01. The lowest BCUT2D eigenvalue weighted by Crippen LogP contribution is -2.05. The Morgan fingerprint density at radius 1 is 1.33 bits per heavy atom. The molecule has 1 aromatic rings. The van der Waals surface area contributed by atoms with Crippen LogP contribution in [-0.2, 0) is 9.53 Å². The molecule has 0 aliphatic rings. The van der Waals surface area contributed by atoms with Crippen LogP contribution in [0.1, 0.15) is 12.5 Å². The van der Waals surface area contributed by atoms with Gasteiger partial charge in [-0.1, -0.05) is 0 Å². The highest BCUT2D eigenvalue weighted by Crippen LogP contribution is 2.24. The molecule has 0 radical (unpaired) electrons. The zero-order valence-corrected chi connectivity index (χ0v) is 9.35. The Morgan fingerprint density at radius 3 is 2.33 bits per heavy atom. The average Bonchev–Trinajstić information content (AvgIpc) is 2.37. The lowest BCUT2D eigenvalue weighted by atomic mass is 10.1. The summed E-state index contributed by atoms with van der Waals surface area (Å²) in [6.45, 7) is 1.37. The predicted molar refractivity (Wildman–Crippen MR) is 58.9 cm³/mol. The Hall–Kier alpha value is -2.31. The van der Waals surface area contributed by atoms with Crippen molar-refractivity contribution in [1.82, 2.24) is 0 Å². The molecule has 0 heterocycles. The van der Waals surface area contributed by atoms with Crippen LogP contribution < -0.4 is 0 Å². The monoisotopic (exact) mass is 257 g/mol. The van der Waals surface area contributed by atoms with E-state index in [-0.39, 0.29) is 17.9 Å². The maximum atomic E-state index is 13.5. The van der Waals surface area contributed by atoms with Gasteiger partial charge in [0.2, 0.25) is 5.83 Å². The van der Waals surface area contributed by atoms with Crippen molar-refractivity contribution in [3.05, 3.63) is 45.8 Å². The van der Waals surface area contributed by atoms with Crippen LogP contribution in [0.25, 0.3) is 5.83 Å². The molecule has 5 nitrogen and oxygen atoms in total. The van der Waals surface area contributed by atoms with E-state index in [0.717, 1.165) is 24.3 Å². The van der Waals surface area contributed by atoms with Gasteiger partial charge < -0.3 is 4.74 Å². The SMILES string of the molecule is CCOC(=O)C(F)=C(F)c1ccc([N+](=O)[O-])cc1. The summed E-state index contributed by atoms with van der Waals surface area (Å²) in [6, 6.07) is 4.03. The number of nitro benzene ring substituents is 1. The zero-order chi connectivity index (χ0) is 13.7. The van der Waals surface area contributed by atoms with Gasteiger partial charge in [-0.2, -0.15) is 4.39 Å². The molecule has 0 saturated carbocycles. The summed E-state index contributed by atoms with van der Waals surface area (Å²) in [6.07, 6.45) is 0. The number of nitrogens with zero attached hydrogens (tertiary/aromatic N) is 1. The summed E-state index contributed by atoms with van der Waals surface area (Å²) in [4.78, 5) is 20.6. The zero-order valence-electron chi connectivity index (χ0n) is 9.35. The fraction of sp³-hybridized carbons (Fsp3) is 0.182. The van der Waals surface area contributed by atoms with Crippen molar-refractivity contribution in [3.8, 4) is 0 Å². The molecule has 0 spiro atoms. The summed E-state index contributed by atoms with van der Waals surface area (Å²) < 4.78 is 31.0. The topological polar surface area (TPSA) is 69.4 Å². The minimum absolute atomic E-state index is 0.0835. The largest absolute Gasteiger partial charge is 0.461 e. The van der Waals surface area contributed by atoms with Crippen molar-refractivity contribution in [2.75, 3.05) is 6.61 Å². The van der Waals surface area contributed by atoms with Gasteiger partial charge in [-0.05, 0) is 19.1 Å². The molecular formula is C11H9F2NO4. The van der Waals surface area contributed by atoms with Gasteiger partial charge in [-0.15, -0.1) is 0 Å². The van der Waals surface area contributed by atoms with Gasteiger partial charge in [0.25, 0.3) is 5.69 Å². The number of non-ortho nitro benzene ring substituents is 1. The normalized spacial score (nSPS) is 11.7. The van der Waals surface area contributed by atoms with Crippen LogP contribution in [0, 0.1) is 10.1 Å². The van der Waals surface area contributed by atoms with Gasteiger partial charge in [-0.3, -0.25) is 10.1 Å². The fourth-order valence-corrected chi connectivity index (χ4v) is 1.14. The van der Waals surface area contributed by atoms with E-state index in [9.17, 15) is 23.7 Å². The third kappa shape index (κ3) is 3.09. The molecule has 0 fully saturated rings. The van der Waals surface area contributed by atoms with Crippen LogP contribution in [0.5, 0.6) is 0 Å². The second-order valence-electron chi connectivity index (χ2n) is 3.15. The van der Waals surface area contributed by atoms with E-state index in [0.29, 0.717) is 0 Å². The van der Waals surface area contributed by atoms with Crippen LogP contribution in [0.3, 0.4) is 0 Å². The average molecular weight is 257 g/mol. The number of hydrogen-bond acceptors (Lipinski definition) is 4. The Kier molecular flexibility index (Phi) is 4.47. The maximum Gasteiger partial charge on any atom is 0.370 e. The van der Waals surface area contributed by atoms with Crippen molar-refractivity contribution < 1.29 is 23.2 Å². The smallest absolute Gasteiger partial charge is 0.370 e. The highest BCUT2D eigenvalue weighted by Gasteiger charge is 2.18. The summed E-state index contributed by atoms with van der Waals surface area (Å²) in [5, 5.41) is 10.4. The van der Waals surface area contributed by atoms with E-state index < -0.39 is 22.5 Å². The van der Waals surface area contributed by atoms with Crippen molar-refractivity contribution in [2.45, 2.75) is 6.92 Å². The number of carbonyl (C=O) groups excluding carboxylic acids is 1. The molecule has 18 heavy (non-hydrogen) atoms. The molecule has 7 heteroatoms. The molecule has 0 saturated heterocycles. The van der Waals surface area contributed by atoms with Gasteiger partial charge in [0, 0.05) is 17.7 Å². The quantitative estimate of drug-likeness (QED) is 0.360. The second kappa shape index (κ2) is 5.85. The molecule has 0 bridgehead atoms. The van der Waals surface area contributed by atoms with Gasteiger partial charge >= 0.3 is 5.97 Å². The number of nitro groups is 1. The van der Waals surface area contributed by atoms with E-state index in [4.69, 9.17) is 0 Å². The van der Waals surface area contributed by atoms with Crippen LogP contribution in [-0.4, -0.2) is 17.5 Å². The van der Waals surface area contributed by atoms with Crippen molar-refractivity contribution >= 4 is 17.5 Å². The number of halogens is 2. The van der Waals surface area contributed by atoms with Crippen molar-refractivity contribution in [3.63, 3.8) is 0 Å². The number of hydrogen-bond donors (Lipinski definition) is 0. The van der Waals surface area contributed by atoms with Crippen molar-refractivity contribution in [2.24, 2.45) is 0 Å². The summed E-state index contributed by atoms with van der Waals surface area (Å²) >= 11 is 0. The van der Waals surface area contributed by atoms with Crippen LogP contribution >= 0.6 is 0 Å². The minimum atomic E-state index is -1.66. The third-order valence-electron chi connectivity index (χ3n) is 1.98. The molecule has 0 amide bonds. The first-order valence-corrected chi connectivity index (χ1v) is 4.94. The van der Waals surface area contributed by atoms with E-state index in [1.807, 2.05) is 0 Å². The molecule has 0 aliphatic carbocycles. The number of benzene rings is 1. The van der Waals surface area contributed by atoms with Crippen LogP contribution in [0.2, 0.25) is 0 Å². The number of carbonyl (C=O) groups is 1. The van der Waals surface area contributed by atoms with E-state index in [1.54, 1.807) is 0 Å². The lowest BCUT2D eigenvalue weighted by molar-refractivity contribution is -0.384. The van der Waals surface area contributed by atoms with E-state index in [1.165, 1.54) is 6.92 Å². The molecule has 1 rings (SSSR count). The Bertz CT molecular complexity index is 496. The van der Waals surface area contributed by atoms with E-state index >= 15 is 0 Å². The first-order chi connectivity index (χ1) is 8.47. The predicted octanol–water partition coefficient (Wildman–Crippen LogP) is 2.77. The molecule has 1 aromatic carbocycles. The molecule has 0 unspecified atom stereocenters. The summed E-state index contributed by atoms with van der Waals surface area (Å²) in [7, 11) is 0. The third-order valence-corrected chi connectivity index (χ3v) is 1.98. The number of ether oxygens (including phenoxy) is 1. The summed E-state index contributed by atoms with van der Waals surface area (Å²) in [5.41, 5.74) is -0.533. The second-order valence-corrected chi connectivity index (χ2v) is 3.15. The standard InChI is InChI=1S/C11H9F2NO4/c1-2-18-11(15)10(13)9(12)7-3-5-8(6-4-7)14(16)17/h3-6H,2H2,1H3. The van der Waals surface area contributed by atoms with Gasteiger partial charge in [0.05, 0.1) is 11.5 Å². The summed E-state index contributed by atoms with van der Waals surface area (Å²) in [5.74, 6) is -4.48. The van der Waals surface area contributed by atoms with E-state index in [2.05, 4.69) is 4.74 Å². The van der Waals surface area contributed by atoms with Gasteiger partial charge in [0.15, 0.2) is 5.83 Å². The number of rotatable bonds is 4. The fourth-order valence-electron chi connectivity index (χ4n) is 1.14. The number of esters is 1. The molecule has 96 valence electrons. The molecule has 0 atom stereocenters. The van der Waals surface area contributed by atoms with Crippen LogP contribution in [0.15, 0.2) is 30.1 Å². The first-order valence-electron chi connectivity index (χ1n) is 4.94. The van der Waals surface area contributed by atoms with Gasteiger partial charge in [0.1, 0.15) is 0 Å². The Labute approximate surface area is 101 Å². The highest BCUT2D eigenvalue weighted by molar-refractivity contribution is 5.93. The molecule has 0 aliphatic heterocycles. The highest BCUT2D eigenvalue weighted by atomic mass is 19.2. The van der Waals surface area contributed by atoms with Gasteiger partial charge in [-0.25, -0.2) is 9.18 Å². The van der Waals surface area contributed by atoms with Crippen LogP contribution in [0.4, 0.5) is 14.5 Å². The maximum absolute atomic E-state index is 13.5. The first kappa shape index (κ1) is 13.8. The minimum Gasteiger partial charge on any atom is -0.461 e. The Morgan fingerprint density at radius 2 is 1.89 bits per heavy atom. The van der Waals surface area contributed by atoms with Crippen molar-refractivity contribution in [1.29, 1.82) is 0 Å². The Balaban J connectivity index is 3.02. The molecular weight excluding hydrogens is 248 g/mol. The molecule has 0 aromatic heterocycles.